The van der Waals surface area contributed by atoms with E-state index in [1.165, 1.54) is 11.3 Å². The van der Waals surface area contributed by atoms with Crippen molar-refractivity contribution < 1.29 is 14.3 Å². The zero-order chi connectivity index (χ0) is 14.4. The highest BCUT2D eigenvalue weighted by atomic mass is 32.1. The Kier molecular flexibility index (Phi) is 5.28. The second kappa shape index (κ2) is 7.18. The van der Waals surface area contributed by atoms with Gasteiger partial charge in [0.15, 0.2) is 0 Å². The fourth-order valence-corrected chi connectivity index (χ4v) is 2.66. The van der Waals surface area contributed by atoms with Gasteiger partial charge in [-0.05, 0) is 12.1 Å². The second-order valence-corrected chi connectivity index (χ2v) is 5.06. The first kappa shape index (κ1) is 14.7. The molecule has 2 aromatic rings. The van der Waals surface area contributed by atoms with Crippen LogP contribution in [0.25, 0.3) is 10.2 Å². The van der Waals surface area contributed by atoms with E-state index in [0.29, 0.717) is 36.9 Å². The molecule has 2 heterocycles. The van der Waals surface area contributed by atoms with Gasteiger partial charge in [0.25, 0.3) is 5.91 Å². The number of carbonyl (C=O) groups is 1. The number of amides is 1. The Bertz CT molecular complexity index is 585. The summed E-state index contributed by atoms with van der Waals surface area (Å²) in [5, 5.41) is 3.59. The lowest BCUT2D eigenvalue weighted by Crippen LogP contribution is -2.27. The molecule has 0 aliphatic rings. The van der Waals surface area contributed by atoms with Crippen molar-refractivity contribution in [2.75, 3.05) is 39.2 Å². The zero-order valence-corrected chi connectivity index (χ0v) is 12.0. The lowest BCUT2D eigenvalue weighted by Gasteiger charge is -2.05. The molecule has 0 saturated heterocycles. The van der Waals surface area contributed by atoms with E-state index >= 15 is 0 Å². The molecule has 0 atom stereocenters. The molecule has 0 saturated carbocycles. The van der Waals surface area contributed by atoms with Gasteiger partial charge >= 0.3 is 0 Å². The summed E-state index contributed by atoms with van der Waals surface area (Å²) in [6.45, 7) is 1.94. The van der Waals surface area contributed by atoms with Crippen molar-refractivity contribution in [2.24, 2.45) is 0 Å². The van der Waals surface area contributed by atoms with Gasteiger partial charge in [-0.2, -0.15) is 0 Å². The number of carbonyl (C=O) groups excluding carboxylic acids is 1. The Morgan fingerprint density at radius 3 is 3.05 bits per heavy atom. The van der Waals surface area contributed by atoms with Gasteiger partial charge in [0, 0.05) is 25.2 Å². The van der Waals surface area contributed by atoms with Crippen molar-refractivity contribution in [3.63, 3.8) is 0 Å². The van der Waals surface area contributed by atoms with E-state index < -0.39 is 0 Å². The summed E-state index contributed by atoms with van der Waals surface area (Å²) in [7, 11) is 1.61. The molecule has 1 amide bonds. The van der Waals surface area contributed by atoms with E-state index in [4.69, 9.17) is 15.2 Å². The Hall–Kier alpha value is -1.70. The SMILES string of the molecule is COCCOCCNC(=O)c1sc2ncccc2c1N. The summed E-state index contributed by atoms with van der Waals surface area (Å²) in [4.78, 5) is 17.5. The monoisotopic (exact) mass is 295 g/mol. The van der Waals surface area contributed by atoms with Crippen LogP contribution in [-0.4, -0.2) is 44.4 Å². The minimum atomic E-state index is -0.194. The fraction of sp³-hybridized carbons (Fsp3) is 0.385. The first-order valence-electron chi connectivity index (χ1n) is 6.22. The van der Waals surface area contributed by atoms with E-state index in [9.17, 15) is 4.79 Å². The third-order valence-corrected chi connectivity index (χ3v) is 3.80. The first-order chi connectivity index (χ1) is 9.74. The topological polar surface area (TPSA) is 86.5 Å². The molecule has 0 aliphatic carbocycles. The first-order valence-corrected chi connectivity index (χ1v) is 7.03. The molecule has 108 valence electrons. The summed E-state index contributed by atoms with van der Waals surface area (Å²) in [6.07, 6.45) is 1.68. The van der Waals surface area contributed by atoms with Crippen molar-refractivity contribution in [1.82, 2.24) is 10.3 Å². The molecule has 0 fully saturated rings. The number of nitrogens with two attached hydrogens (primary N) is 1. The number of nitrogens with zero attached hydrogens (tertiary/aromatic N) is 1. The van der Waals surface area contributed by atoms with Gasteiger partial charge in [-0.1, -0.05) is 0 Å². The molecule has 3 N–H and O–H groups in total. The van der Waals surface area contributed by atoms with E-state index in [0.717, 1.165) is 10.2 Å². The highest BCUT2D eigenvalue weighted by molar-refractivity contribution is 7.21. The van der Waals surface area contributed by atoms with Crippen LogP contribution in [0, 0.1) is 0 Å². The van der Waals surface area contributed by atoms with Crippen LogP contribution in [0.4, 0.5) is 5.69 Å². The highest BCUT2D eigenvalue weighted by Crippen LogP contribution is 2.31. The van der Waals surface area contributed by atoms with Gasteiger partial charge in [-0.15, -0.1) is 11.3 Å². The van der Waals surface area contributed by atoms with E-state index in [2.05, 4.69) is 10.3 Å². The van der Waals surface area contributed by atoms with Gasteiger partial charge in [-0.3, -0.25) is 4.79 Å². The lowest BCUT2D eigenvalue weighted by molar-refractivity contribution is 0.0693. The lowest BCUT2D eigenvalue weighted by atomic mass is 10.2. The normalized spacial score (nSPS) is 10.8. The molecule has 6 nitrogen and oxygen atoms in total. The second-order valence-electron chi connectivity index (χ2n) is 4.06. The minimum Gasteiger partial charge on any atom is -0.397 e. The number of ether oxygens (including phenoxy) is 2. The Morgan fingerprint density at radius 1 is 1.45 bits per heavy atom. The van der Waals surface area contributed by atoms with Crippen LogP contribution in [0.1, 0.15) is 9.67 Å². The Balaban J connectivity index is 1.89. The Labute approximate surface area is 120 Å². The van der Waals surface area contributed by atoms with Crippen LogP contribution >= 0.6 is 11.3 Å². The number of anilines is 1. The zero-order valence-electron chi connectivity index (χ0n) is 11.2. The van der Waals surface area contributed by atoms with E-state index in [1.54, 1.807) is 19.4 Å². The fourth-order valence-electron chi connectivity index (χ4n) is 1.68. The number of methoxy groups -OCH3 is 1. The molecule has 0 spiro atoms. The Morgan fingerprint density at radius 2 is 2.30 bits per heavy atom. The molecule has 0 aromatic carbocycles. The number of thiophene rings is 1. The number of pyridine rings is 1. The maximum Gasteiger partial charge on any atom is 0.263 e. The molecule has 7 heteroatoms. The van der Waals surface area contributed by atoms with Crippen LogP contribution in [-0.2, 0) is 9.47 Å². The molecule has 0 radical (unpaired) electrons. The number of aromatic nitrogens is 1. The van der Waals surface area contributed by atoms with Crippen LogP contribution in [0.2, 0.25) is 0 Å². The van der Waals surface area contributed by atoms with Crippen LogP contribution in [0.5, 0.6) is 0 Å². The molecular formula is C13H17N3O3S. The van der Waals surface area contributed by atoms with Gasteiger partial charge in [0.1, 0.15) is 9.71 Å². The number of fused-ring (bicyclic) bond motifs is 1. The minimum absolute atomic E-state index is 0.194. The largest absolute Gasteiger partial charge is 0.397 e. The maximum absolute atomic E-state index is 12.0. The summed E-state index contributed by atoms with van der Waals surface area (Å²) >= 11 is 1.29. The van der Waals surface area contributed by atoms with E-state index in [-0.39, 0.29) is 5.91 Å². The molecule has 2 rings (SSSR count). The van der Waals surface area contributed by atoms with Crippen LogP contribution < -0.4 is 11.1 Å². The van der Waals surface area contributed by atoms with Crippen molar-refractivity contribution in [2.45, 2.75) is 0 Å². The number of hydrogen-bond donors (Lipinski definition) is 2. The summed E-state index contributed by atoms with van der Waals surface area (Å²) in [5.74, 6) is -0.194. The van der Waals surface area contributed by atoms with Crippen molar-refractivity contribution in [3.8, 4) is 0 Å². The van der Waals surface area contributed by atoms with Crippen molar-refractivity contribution in [3.05, 3.63) is 23.2 Å². The average Bonchev–Trinajstić information content (AvgIpc) is 2.80. The highest BCUT2D eigenvalue weighted by Gasteiger charge is 2.16. The summed E-state index contributed by atoms with van der Waals surface area (Å²) in [5.41, 5.74) is 6.45. The molecular weight excluding hydrogens is 278 g/mol. The molecule has 2 aromatic heterocycles. The molecule has 0 unspecified atom stereocenters. The van der Waals surface area contributed by atoms with Gasteiger partial charge < -0.3 is 20.5 Å². The number of rotatable bonds is 7. The van der Waals surface area contributed by atoms with Gasteiger partial charge in [-0.25, -0.2) is 4.98 Å². The van der Waals surface area contributed by atoms with Gasteiger partial charge in [0.2, 0.25) is 0 Å². The van der Waals surface area contributed by atoms with Crippen molar-refractivity contribution in [1.29, 1.82) is 0 Å². The summed E-state index contributed by atoms with van der Waals surface area (Å²) < 4.78 is 10.1. The van der Waals surface area contributed by atoms with Crippen LogP contribution in [0.15, 0.2) is 18.3 Å². The summed E-state index contributed by atoms with van der Waals surface area (Å²) in [6, 6.07) is 3.66. The number of nitrogens with one attached hydrogen (secondary N) is 1. The predicted molar refractivity (Wildman–Crippen MR) is 79.1 cm³/mol. The third kappa shape index (κ3) is 3.44. The molecule has 0 bridgehead atoms. The molecule has 20 heavy (non-hydrogen) atoms. The maximum atomic E-state index is 12.0. The van der Waals surface area contributed by atoms with Crippen molar-refractivity contribution >= 4 is 33.1 Å². The quantitative estimate of drug-likeness (QED) is 0.751. The van der Waals surface area contributed by atoms with E-state index in [1.807, 2.05) is 6.07 Å². The predicted octanol–water partition coefficient (Wildman–Crippen LogP) is 1.27. The molecule has 0 aliphatic heterocycles. The number of hydrogen-bond acceptors (Lipinski definition) is 6. The van der Waals surface area contributed by atoms with Gasteiger partial charge in [0.05, 0.1) is 25.5 Å². The van der Waals surface area contributed by atoms with Crippen LogP contribution in [0.3, 0.4) is 0 Å². The average molecular weight is 295 g/mol. The smallest absolute Gasteiger partial charge is 0.263 e. The third-order valence-electron chi connectivity index (χ3n) is 2.67. The standard InChI is InChI=1S/C13H17N3O3S/c1-18-7-8-19-6-5-15-12(17)11-10(14)9-3-2-4-16-13(9)20-11/h2-4H,5-8,14H2,1H3,(H,15,17). The number of nitrogen functional groups attached to an aromatic ring is 1.